The molecule has 0 saturated carbocycles. The Kier molecular flexibility index (Phi) is 8.91. The van der Waals surface area contributed by atoms with E-state index in [0.717, 1.165) is 18.5 Å². The van der Waals surface area contributed by atoms with Gasteiger partial charge in [0.15, 0.2) is 5.96 Å². The van der Waals surface area contributed by atoms with E-state index in [4.69, 9.17) is 4.74 Å². The largest absolute Gasteiger partial charge is 0.380 e. The van der Waals surface area contributed by atoms with Crippen LogP contribution in [-0.4, -0.2) is 31.6 Å². The van der Waals surface area contributed by atoms with Gasteiger partial charge < -0.3 is 20.4 Å². The topological polar surface area (TPSA) is 61.4 Å². The van der Waals surface area contributed by atoms with E-state index in [0.29, 0.717) is 18.1 Å². The summed E-state index contributed by atoms with van der Waals surface area (Å²) in [5.41, 5.74) is 5.27. The number of guanidine groups is 1. The summed E-state index contributed by atoms with van der Waals surface area (Å²) in [6, 6.07) is 11.3. The van der Waals surface area contributed by atoms with Crippen molar-refractivity contribution in [2.45, 2.75) is 26.5 Å². The van der Waals surface area contributed by atoms with Crippen LogP contribution in [0.5, 0.6) is 0 Å². The van der Waals surface area contributed by atoms with Crippen LogP contribution in [-0.2, 0) is 24.3 Å². The van der Waals surface area contributed by atoms with Gasteiger partial charge in [-0.05, 0) is 48.2 Å². The van der Waals surface area contributed by atoms with Crippen LogP contribution in [0, 0.1) is 12.7 Å². The molecular formula is C22H28FIN4O. The summed E-state index contributed by atoms with van der Waals surface area (Å²) in [7, 11) is 3.30. The number of benzene rings is 2. The summed E-state index contributed by atoms with van der Waals surface area (Å²) in [5.74, 6) is 0.469. The Morgan fingerprint density at radius 1 is 1.17 bits per heavy atom. The molecule has 0 bridgehead atoms. The van der Waals surface area contributed by atoms with E-state index in [1.807, 2.05) is 6.07 Å². The van der Waals surface area contributed by atoms with E-state index in [1.54, 1.807) is 20.2 Å². The molecule has 2 aromatic carbocycles. The van der Waals surface area contributed by atoms with Gasteiger partial charge in [-0.2, -0.15) is 0 Å². The number of nitrogens with zero attached hydrogens (tertiary/aromatic N) is 1. The average Bonchev–Trinajstić information content (AvgIpc) is 3.11. The molecule has 1 heterocycles. The van der Waals surface area contributed by atoms with Crippen molar-refractivity contribution in [3.63, 3.8) is 0 Å². The standard InChI is InChI=1S/C22H27FN4O.HI/c1-15-5-4-6-20-21(15)17(13-26-20)9-10-25-22(24-2)27-12-16-7-8-19(23)18(11-16)14-28-3;/h4-8,11,13,26H,9-10,12,14H2,1-3H3,(H2,24,25,27);1H. The first-order valence-corrected chi connectivity index (χ1v) is 9.38. The van der Waals surface area contributed by atoms with Crippen molar-refractivity contribution >= 4 is 40.8 Å². The average molecular weight is 510 g/mol. The van der Waals surface area contributed by atoms with Crippen LogP contribution in [0.4, 0.5) is 4.39 Å². The van der Waals surface area contributed by atoms with E-state index in [-0.39, 0.29) is 36.4 Å². The van der Waals surface area contributed by atoms with E-state index < -0.39 is 0 Å². The van der Waals surface area contributed by atoms with Crippen molar-refractivity contribution in [3.8, 4) is 0 Å². The maximum Gasteiger partial charge on any atom is 0.191 e. The Bertz CT molecular complexity index is 971. The number of hydrogen-bond acceptors (Lipinski definition) is 2. The Labute approximate surface area is 188 Å². The van der Waals surface area contributed by atoms with E-state index >= 15 is 0 Å². The zero-order valence-electron chi connectivity index (χ0n) is 17.0. The molecule has 3 aromatic rings. The lowest BCUT2D eigenvalue weighted by Gasteiger charge is -2.13. The second-order valence-corrected chi connectivity index (χ2v) is 6.77. The minimum absolute atomic E-state index is 0. The zero-order valence-corrected chi connectivity index (χ0v) is 19.3. The fraction of sp³-hybridized carbons (Fsp3) is 0.318. The molecule has 3 N–H and O–H groups in total. The highest BCUT2D eigenvalue weighted by Gasteiger charge is 2.07. The summed E-state index contributed by atoms with van der Waals surface area (Å²) in [4.78, 5) is 7.60. The predicted octanol–water partition coefficient (Wildman–Crippen LogP) is 4.29. The zero-order chi connectivity index (χ0) is 19.9. The third-order valence-corrected chi connectivity index (χ3v) is 4.78. The number of methoxy groups -OCH3 is 1. The molecule has 0 unspecified atom stereocenters. The van der Waals surface area contributed by atoms with E-state index in [9.17, 15) is 4.39 Å². The van der Waals surface area contributed by atoms with Gasteiger partial charge in [0.2, 0.25) is 0 Å². The molecule has 3 rings (SSSR count). The lowest BCUT2D eigenvalue weighted by Crippen LogP contribution is -2.37. The summed E-state index contributed by atoms with van der Waals surface area (Å²) in [6.07, 6.45) is 2.96. The molecular weight excluding hydrogens is 482 g/mol. The lowest BCUT2D eigenvalue weighted by atomic mass is 10.1. The molecule has 0 aliphatic rings. The van der Waals surface area contributed by atoms with Crippen LogP contribution in [0.15, 0.2) is 47.6 Å². The number of aliphatic imine (C=N–C) groups is 1. The monoisotopic (exact) mass is 510 g/mol. The highest BCUT2D eigenvalue weighted by Crippen LogP contribution is 2.22. The predicted molar refractivity (Wildman–Crippen MR) is 127 cm³/mol. The minimum Gasteiger partial charge on any atom is -0.380 e. The normalized spacial score (nSPS) is 11.4. The van der Waals surface area contributed by atoms with Crippen molar-refractivity contribution in [2.24, 2.45) is 4.99 Å². The van der Waals surface area contributed by atoms with Crippen molar-refractivity contribution < 1.29 is 9.13 Å². The van der Waals surface area contributed by atoms with Gasteiger partial charge in [-0.15, -0.1) is 24.0 Å². The van der Waals surface area contributed by atoms with Gasteiger partial charge >= 0.3 is 0 Å². The highest BCUT2D eigenvalue weighted by atomic mass is 127. The van der Waals surface area contributed by atoms with Gasteiger partial charge in [0, 0.05) is 49.9 Å². The number of aromatic nitrogens is 1. The fourth-order valence-corrected chi connectivity index (χ4v) is 3.37. The van der Waals surface area contributed by atoms with Crippen LogP contribution >= 0.6 is 24.0 Å². The number of hydrogen-bond donors (Lipinski definition) is 3. The maximum atomic E-state index is 13.7. The second kappa shape index (κ2) is 11.2. The smallest absolute Gasteiger partial charge is 0.191 e. The molecule has 0 fully saturated rings. The van der Waals surface area contributed by atoms with Crippen LogP contribution in [0.3, 0.4) is 0 Å². The van der Waals surface area contributed by atoms with Crippen LogP contribution in [0.25, 0.3) is 10.9 Å². The van der Waals surface area contributed by atoms with Crippen LogP contribution < -0.4 is 10.6 Å². The number of ether oxygens (including phenoxy) is 1. The molecule has 7 heteroatoms. The number of nitrogens with one attached hydrogen (secondary N) is 3. The van der Waals surface area contributed by atoms with Gasteiger partial charge in [0.1, 0.15) is 5.82 Å². The summed E-state index contributed by atoms with van der Waals surface area (Å²) in [5, 5.41) is 7.91. The SMILES string of the molecule is CN=C(NCCc1c[nH]c2cccc(C)c12)NCc1ccc(F)c(COC)c1.I. The second-order valence-electron chi connectivity index (χ2n) is 6.77. The molecule has 29 heavy (non-hydrogen) atoms. The van der Waals surface area contributed by atoms with Crippen LogP contribution in [0.2, 0.25) is 0 Å². The molecule has 1 aromatic heterocycles. The molecule has 5 nitrogen and oxygen atoms in total. The minimum atomic E-state index is -0.248. The third-order valence-electron chi connectivity index (χ3n) is 4.78. The fourth-order valence-electron chi connectivity index (χ4n) is 3.37. The number of rotatable bonds is 7. The van der Waals surface area contributed by atoms with E-state index in [1.165, 1.54) is 28.1 Å². The molecule has 0 spiro atoms. The number of H-pyrrole nitrogens is 1. The molecule has 0 radical (unpaired) electrons. The Balaban J connectivity index is 0.00000300. The number of fused-ring (bicyclic) bond motifs is 1. The maximum absolute atomic E-state index is 13.7. The van der Waals surface area contributed by atoms with Crippen molar-refractivity contribution in [1.29, 1.82) is 0 Å². The van der Waals surface area contributed by atoms with Crippen LogP contribution in [0.1, 0.15) is 22.3 Å². The van der Waals surface area contributed by atoms with E-state index in [2.05, 4.69) is 51.9 Å². The van der Waals surface area contributed by atoms with Crippen molar-refractivity contribution in [2.75, 3.05) is 20.7 Å². The Hall–Kier alpha value is -2.13. The molecule has 0 atom stereocenters. The van der Waals surface area contributed by atoms with Gasteiger partial charge in [0.25, 0.3) is 0 Å². The Morgan fingerprint density at radius 3 is 2.76 bits per heavy atom. The quantitative estimate of drug-likeness (QED) is 0.253. The Morgan fingerprint density at radius 2 is 2.00 bits per heavy atom. The van der Waals surface area contributed by atoms with Gasteiger partial charge in [-0.3, -0.25) is 4.99 Å². The first-order valence-electron chi connectivity index (χ1n) is 9.38. The molecule has 0 aliphatic heterocycles. The van der Waals surface area contributed by atoms with Crippen molar-refractivity contribution in [3.05, 3.63) is 70.7 Å². The number of aromatic amines is 1. The van der Waals surface area contributed by atoms with Gasteiger partial charge in [-0.1, -0.05) is 18.2 Å². The lowest BCUT2D eigenvalue weighted by molar-refractivity contribution is 0.181. The molecule has 0 saturated heterocycles. The first-order chi connectivity index (χ1) is 13.6. The number of aryl methyl sites for hydroxylation is 1. The van der Waals surface area contributed by atoms with Crippen molar-refractivity contribution in [1.82, 2.24) is 15.6 Å². The first kappa shape index (κ1) is 23.2. The molecule has 0 amide bonds. The summed E-state index contributed by atoms with van der Waals surface area (Å²) < 4.78 is 18.8. The molecule has 156 valence electrons. The number of halogens is 2. The summed E-state index contributed by atoms with van der Waals surface area (Å²) >= 11 is 0. The molecule has 0 aliphatic carbocycles. The van der Waals surface area contributed by atoms with Gasteiger partial charge in [0.05, 0.1) is 6.61 Å². The summed E-state index contributed by atoms with van der Waals surface area (Å²) in [6.45, 7) is 3.72. The van der Waals surface area contributed by atoms with Gasteiger partial charge in [-0.25, -0.2) is 4.39 Å². The highest BCUT2D eigenvalue weighted by molar-refractivity contribution is 14.0. The third kappa shape index (κ3) is 5.93.